The summed E-state index contributed by atoms with van der Waals surface area (Å²) >= 11 is 0. The fraction of sp³-hybridized carbons (Fsp3) is 0.136. The van der Waals surface area contributed by atoms with Crippen molar-refractivity contribution in [3.8, 4) is 16.9 Å². The molecule has 1 fully saturated rings. The lowest BCUT2D eigenvalue weighted by molar-refractivity contribution is -0.108. The third-order valence-electron chi connectivity index (χ3n) is 4.69. The molecule has 7 heteroatoms. The van der Waals surface area contributed by atoms with Gasteiger partial charge >= 0.3 is 10.2 Å². The van der Waals surface area contributed by atoms with Crippen molar-refractivity contribution < 1.29 is 17.9 Å². The van der Waals surface area contributed by atoms with Gasteiger partial charge in [-0.25, -0.2) is 0 Å². The van der Waals surface area contributed by atoms with E-state index in [-0.39, 0.29) is 6.54 Å². The van der Waals surface area contributed by atoms with Crippen LogP contribution in [0.25, 0.3) is 11.1 Å². The van der Waals surface area contributed by atoms with Crippen molar-refractivity contribution in [3.63, 3.8) is 0 Å². The standard InChI is InChI=1S/C22H20N2O4S/c25-15-20-14-24(29(26,27)23-20)21-12-11-19(18-9-5-2-6-10-18)13-22(21)28-16-17-7-3-1-4-8-17/h1-13,15,20,23H,14,16H2. The smallest absolute Gasteiger partial charge is 0.302 e. The normalized spacial score (nSPS) is 17.8. The van der Waals surface area contributed by atoms with E-state index in [2.05, 4.69) is 4.72 Å². The quantitative estimate of drug-likeness (QED) is 0.636. The van der Waals surface area contributed by atoms with Crippen LogP contribution in [0.15, 0.2) is 78.9 Å². The zero-order valence-corrected chi connectivity index (χ0v) is 16.4. The van der Waals surface area contributed by atoms with Crippen molar-refractivity contribution in [2.24, 2.45) is 0 Å². The predicted molar refractivity (Wildman–Crippen MR) is 112 cm³/mol. The molecule has 0 radical (unpaired) electrons. The second kappa shape index (κ2) is 8.06. The number of rotatable bonds is 6. The number of ether oxygens (including phenoxy) is 1. The van der Waals surface area contributed by atoms with Crippen molar-refractivity contribution in [2.75, 3.05) is 10.8 Å². The number of aldehydes is 1. The van der Waals surface area contributed by atoms with Crippen molar-refractivity contribution in [1.29, 1.82) is 0 Å². The Balaban J connectivity index is 1.72. The van der Waals surface area contributed by atoms with Gasteiger partial charge in [0, 0.05) is 0 Å². The first-order valence-electron chi connectivity index (χ1n) is 9.18. The van der Waals surface area contributed by atoms with E-state index in [4.69, 9.17) is 4.74 Å². The molecular weight excluding hydrogens is 388 g/mol. The van der Waals surface area contributed by atoms with E-state index in [9.17, 15) is 13.2 Å². The first kappa shape index (κ1) is 19.2. The number of hydrogen-bond acceptors (Lipinski definition) is 4. The SMILES string of the molecule is O=CC1CN(c2ccc(-c3ccccc3)cc2OCc2ccccc2)S(=O)(=O)N1. The molecule has 0 amide bonds. The summed E-state index contributed by atoms with van der Waals surface area (Å²) in [5.41, 5.74) is 3.28. The maximum absolute atomic E-state index is 12.5. The van der Waals surface area contributed by atoms with E-state index in [1.54, 1.807) is 6.07 Å². The van der Waals surface area contributed by atoms with Gasteiger partial charge < -0.3 is 9.53 Å². The molecule has 3 aromatic rings. The predicted octanol–water partition coefficient (Wildman–Crippen LogP) is 3.15. The van der Waals surface area contributed by atoms with Gasteiger partial charge in [-0.05, 0) is 28.8 Å². The lowest BCUT2D eigenvalue weighted by Gasteiger charge is -2.21. The Morgan fingerprint density at radius 3 is 2.31 bits per heavy atom. The number of anilines is 1. The third-order valence-corrected chi connectivity index (χ3v) is 6.22. The first-order chi connectivity index (χ1) is 14.1. The summed E-state index contributed by atoms with van der Waals surface area (Å²) in [6.07, 6.45) is 0.598. The molecule has 3 aromatic carbocycles. The lowest BCUT2D eigenvalue weighted by atomic mass is 10.0. The Hall–Kier alpha value is -3.16. The topological polar surface area (TPSA) is 75.7 Å². The molecule has 1 heterocycles. The molecular formula is C22H20N2O4S. The Bertz CT molecular complexity index is 1100. The Morgan fingerprint density at radius 1 is 0.966 bits per heavy atom. The largest absolute Gasteiger partial charge is 0.487 e. The summed E-state index contributed by atoms with van der Waals surface area (Å²) in [4.78, 5) is 11.1. The Labute approximate surface area is 169 Å². The van der Waals surface area contributed by atoms with Gasteiger partial charge in [-0.3, -0.25) is 4.31 Å². The minimum Gasteiger partial charge on any atom is -0.487 e. The van der Waals surface area contributed by atoms with Gasteiger partial charge in [0.2, 0.25) is 0 Å². The summed E-state index contributed by atoms with van der Waals surface area (Å²) in [7, 11) is -3.81. The summed E-state index contributed by atoms with van der Waals surface area (Å²) in [5.74, 6) is 0.437. The molecule has 0 aromatic heterocycles. The van der Waals surface area contributed by atoms with Gasteiger partial charge in [0.25, 0.3) is 0 Å². The highest BCUT2D eigenvalue weighted by molar-refractivity contribution is 7.91. The molecule has 1 unspecified atom stereocenters. The van der Waals surface area contributed by atoms with Crippen LogP contribution in [0.4, 0.5) is 5.69 Å². The highest BCUT2D eigenvalue weighted by Crippen LogP contribution is 2.36. The monoisotopic (exact) mass is 408 g/mol. The van der Waals surface area contributed by atoms with Crippen molar-refractivity contribution in [2.45, 2.75) is 12.6 Å². The molecule has 29 heavy (non-hydrogen) atoms. The highest BCUT2D eigenvalue weighted by atomic mass is 32.2. The van der Waals surface area contributed by atoms with E-state index >= 15 is 0 Å². The number of nitrogens with one attached hydrogen (secondary N) is 1. The van der Waals surface area contributed by atoms with Gasteiger partial charge in [-0.2, -0.15) is 13.1 Å². The minimum absolute atomic E-state index is 0.0260. The molecule has 148 valence electrons. The number of carbonyl (C=O) groups excluding carboxylic acids is 1. The zero-order valence-electron chi connectivity index (χ0n) is 15.6. The van der Waals surface area contributed by atoms with Gasteiger partial charge in [0.1, 0.15) is 18.6 Å². The minimum atomic E-state index is -3.81. The van der Waals surface area contributed by atoms with Crippen LogP contribution >= 0.6 is 0 Å². The second-order valence-electron chi connectivity index (χ2n) is 6.72. The van der Waals surface area contributed by atoms with E-state index < -0.39 is 16.3 Å². The molecule has 1 atom stereocenters. The summed E-state index contributed by atoms with van der Waals surface area (Å²) in [6, 6.07) is 24.0. The fourth-order valence-electron chi connectivity index (χ4n) is 3.25. The van der Waals surface area contributed by atoms with Crippen LogP contribution in [-0.4, -0.2) is 27.3 Å². The maximum Gasteiger partial charge on any atom is 0.302 e. The summed E-state index contributed by atoms with van der Waals surface area (Å²) < 4.78 is 34.6. The van der Waals surface area contributed by atoms with E-state index in [1.807, 2.05) is 72.8 Å². The van der Waals surface area contributed by atoms with Crippen molar-refractivity contribution >= 4 is 22.2 Å². The van der Waals surface area contributed by atoms with Crippen molar-refractivity contribution in [1.82, 2.24) is 4.72 Å². The second-order valence-corrected chi connectivity index (χ2v) is 8.35. The number of nitrogens with zero attached hydrogens (tertiary/aromatic N) is 1. The van der Waals surface area contributed by atoms with Crippen LogP contribution in [0.1, 0.15) is 5.56 Å². The highest BCUT2D eigenvalue weighted by Gasteiger charge is 2.36. The molecule has 1 aliphatic heterocycles. The molecule has 1 saturated heterocycles. The molecule has 0 bridgehead atoms. The average Bonchev–Trinajstić information content (AvgIpc) is 3.07. The Morgan fingerprint density at radius 2 is 1.66 bits per heavy atom. The van der Waals surface area contributed by atoms with Gasteiger partial charge in [-0.1, -0.05) is 66.7 Å². The molecule has 0 saturated carbocycles. The average molecular weight is 408 g/mol. The van der Waals surface area contributed by atoms with Crippen molar-refractivity contribution in [3.05, 3.63) is 84.4 Å². The van der Waals surface area contributed by atoms with E-state index in [0.29, 0.717) is 24.3 Å². The van der Waals surface area contributed by atoms with Crippen LogP contribution in [0, 0.1) is 0 Å². The summed E-state index contributed by atoms with van der Waals surface area (Å²) in [6.45, 7) is 0.322. The van der Waals surface area contributed by atoms with Crippen LogP contribution in [0.3, 0.4) is 0 Å². The lowest BCUT2D eigenvalue weighted by Crippen LogP contribution is -2.30. The van der Waals surface area contributed by atoms with Gasteiger partial charge in [0.15, 0.2) is 0 Å². The zero-order chi connectivity index (χ0) is 20.3. The maximum atomic E-state index is 12.5. The first-order valence-corrected chi connectivity index (χ1v) is 10.6. The molecule has 1 aliphatic rings. The number of benzene rings is 3. The van der Waals surface area contributed by atoms with Crippen LogP contribution in [0.5, 0.6) is 5.75 Å². The molecule has 0 aliphatic carbocycles. The van der Waals surface area contributed by atoms with Gasteiger partial charge in [0.05, 0.1) is 18.3 Å². The number of carbonyl (C=O) groups is 1. The van der Waals surface area contributed by atoms with Crippen LogP contribution in [0.2, 0.25) is 0 Å². The number of hydrogen-bond donors (Lipinski definition) is 1. The summed E-state index contributed by atoms with van der Waals surface area (Å²) in [5, 5.41) is 0. The molecule has 4 rings (SSSR count). The van der Waals surface area contributed by atoms with E-state index in [0.717, 1.165) is 16.7 Å². The van der Waals surface area contributed by atoms with Crippen LogP contribution in [-0.2, 0) is 21.6 Å². The molecule has 0 spiro atoms. The third kappa shape index (κ3) is 4.16. The Kier molecular flexibility index (Phi) is 5.33. The van der Waals surface area contributed by atoms with Gasteiger partial charge in [-0.15, -0.1) is 0 Å². The van der Waals surface area contributed by atoms with Crippen LogP contribution < -0.4 is 13.8 Å². The fourth-order valence-corrected chi connectivity index (χ4v) is 4.66. The molecule has 6 nitrogen and oxygen atoms in total. The molecule has 1 N–H and O–H groups in total. The van der Waals surface area contributed by atoms with E-state index in [1.165, 1.54) is 4.31 Å².